The minimum Gasteiger partial charge on any atom is -0.481 e. The lowest BCUT2D eigenvalue weighted by molar-refractivity contribution is 0.142. The molecule has 0 aromatic carbocycles. The van der Waals surface area contributed by atoms with Gasteiger partial charge in [-0.25, -0.2) is 14.4 Å². The molecule has 0 N–H and O–H groups in total. The molecule has 0 aliphatic rings. The monoisotopic (exact) mass is 385 g/mol. The Morgan fingerprint density at radius 2 is 1.93 bits per heavy atom. The smallest absolute Gasteiger partial charge is 0.213 e. The van der Waals surface area contributed by atoms with E-state index in [-0.39, 0.29) is 6.04 Å². The van der Waals surface area contributed by atoms with Crippen molar-refractivity contribution in [3.63, 3.8) is 0 Å². The van der Waals surface area contributed by atoms with Crippen molar-refractivity contribution in [1.82, 2.24) is 14.5 Å². The Kier molecular flexibility index (Phi) is 6.29. The summed E-state index contributed by atoms with van der Waals surface area (Å²) in [7, 11) is 3.22. The number of rotatable bonds is 8. The quantitative estimate of drug-likeness (QED) is 0.564. The van der Waals surface area contributed by atoms with Crippen LogP contribution in [0.5, 0.6) is 5.88 Å². The van der Waals surface area contributed by atoms with Gasteiger partial charge in [-0.3, -0.25) is 0 Å². The van der Waals surface area contributed by atoms with Crippen LogP contribution in [0.25, 0.3) is 22.3 Å². The van der Waals surface area contributed by atoms with Gasteiger partial charge in [-0.2, -0.15) is 0 Å². The molecular formula is C22H28FN3O2. The van der Waals surface area contributed by atoms with E-state index in [0.29, 0.717) is 12.5 Å². The third-order valence-corrected chi connectivity index (χ3v) is 5.13. The van der Waals surface area contributed by atoms with Crippen molar-refractivity contribution in [3.05, 3.63) is 41.2 Å². The molecule has 0 amide bonds. The van der Waals surface area contributed by atoms with Crippen LogP contribution in [0.15, 0.2) is 24.4 Å². The first-order valence-electron chi connectivity index (χ1n) is 9.68. The zero-order chi connectivity index (χ0) is 20.3. The van der Waals surface area contributed by atoms with E-state index in [1.165, 1.54) is 0 Å². The largest absolute Gasteiger partial charge is 0.481 e. The number of hydrogen-bond donors (Lipinski definition) is 0. The van der Waals surface area contributed by atoms with Crippen molar-refractivity contribution < 1.29 is 13.9 Å². The van der Waals surface area contributed by atoms with Crippen LogP contribution in [0.4, 0.5) is 4.39 Å². The molecule has 0 fully saturated rings. The highest BCUT2D eigenvalue weighted by Gasteiger charge is 2.20. The average Bonchev–Trinajstić information content (AvgIpc) is 3.05. The summed E-state index contributed by atoms with van der Waals surface area (Å²) in [4.78, 5) is 9.61. The minimum atomic E-state index is -0.483. The molecule has 0 unspecified atom stereocenters. The highest BCUT2D eigenvalue weighted by atomic mass is 19.1. The summed E-state index contributed by atoms with van der Waals surface area (Å²) < 4.78 is 26.1. The van der Waals surface area contributed by atoms with Gasteiger partial charge in [-0.1, -0.05) is 13.8 Å². The topological polar surface area (TPSA) is 49.2 Å². The Bertz CT molecular complexity index is 968. The van der Waals surface area contributed by atoms with Crippen molar-refractivity contribution in [2.45, 2.75) is 39.7 Å². The number of methoxy groups -OCH3 is 2. The van der Waals surface area contributed by atoms with Crippen LogP contribution < -0.4 is 4.74 Å². The van der Waals surface area contributed by atoms with Crippen LogP contribution in [0.2, 0.25) is 0 Å². The predicted molar refractivity (Wildman–Crippen MR) is 110 cm³/mol. The maximum atomic E-state index is 13.6. The van der Waals surface area contributed by atoms with Gasteiger partial charge in [0.15, 0.2) is 0 Å². The number of aryl methyl sites for hydroxylation is 3. The lowest BCUT2D eigenvalue weighted by Crippen LogP contribution is -2.16. The highest BCUT2D eigenvalue weighted by Crippen LogP contribution is 2.32. The van der Waals surface area contributed by atoms with E-state index in [4.69, 9.17) is 14.5 Å². The zero-order valence-electron chi connectivity index (χ0n) is 17.3. The first kappa shape index (κ1) is 20.3. The third-order valence-electron chi connectivity index (χ3n) is 5.13. The van der Waals surface area contributed by atoms with Crippen LogP contribution in [-0.2, 0) is 17.6 Å². The standard InChI is InChI=1S/C22H28FN3O2/c1-6-15-10-19-21(14(3)12-26(19)16(11-23)13-27-4)25-22(15)17-8-9-20(28-5)24-18(17)7-2/h8-10,12,16H,6-7,11,13H2,1-5H3/t16-/m0/s1. The fourth-order valence-electron chi connectivity index (χ4n) is 3.65. The van der Waals surface area contributed by atoms with Gasteiger partial charge in [-0.15, -0.1) is 0 Å². The molecule has 0 saturated carbocycles. The average molecular weight is 385 g/mol. The SMILES string of the molecule is CCc1cc2c(nc1-c1ccc(OC)nc1CC)c(C)cn2[C@@H](CF)COC. The van der Waals surface area contributed by atoms with Crippen LogP contribution in [-0.4, -0.2) is 42.0 Å². The second kappa shape index (κ2) is 8.69. The van der Waals surface area contributed by atoms with Gasteiger partial charge < -0.3 is 14.0 Å². The molecule has 6 heteroatoms. The second-order valence-corrected chi connectivity index (χ2v) is 6.90. The molecule has 28 heavy (non-hydrogen) atoms. The molecule has 3 heterocycles. The van der Waals surface area contributed by atoms with E-state index in [1.807, 2.05) is 29.8 Å². The number of ether oxygens (including phenoxy) is 2. The molecule has 3 aromatic rings. The first-order chi connectivity index (χ1) is 13.6. The van der Waals surface area contributed by atoms with Gasteiger partial charge in [0.2, 0.25) is 5.88 Å². The summed E-state index contributed by atoms with van der Waals surface area (Å²) in [5, 5.41) is 0. The van der Waals surface area contributed by atoms with Crippen molar-refractivity contribution in [2.75, 3.05) is 27.5 Å². The maximum Gasteiger partial charge on any atom is 0.213 e. The summed E-state index contributed by atoms with van der Waals surface area (Å²) in [5.74, 6) is 0.604. The van der Waals surface area contributed by atoms with Crippen LogP contribution in [0.1, 0.15) is 36.7 Å². The summed E-state index contributed by atoms with van der Waals surface area (Å²) in [5.41, 5.74) is 6.88. The number of nitrogens with zero attached hydrogens (tertiary/aromatic N) is 3. The Labute approximate surface area is 165 Å². The summed E-state index contributed by atoms with van der Waals surface area (Å²) in [6, 6.07) is 5.68. The summed E-state index contributed by atoms with van der Waals surface area (Å²) in [6.45, 7) is 6.04. The van der Waals surface area contributed by atoms with Crippen LogP contribution >= 0.6 is 0 Å². The summed E-state index contributed by atoms with van der Waals surface area (Å²) in [6.07, 6.45) is 3.58. The van der Waals surface area contributed by atoms with E-state index in [1.54, 1.807) is 14.2 Å². The molecule has 0 spiro atoms. The summed E-state index contributed by atoms with van der Waals surface area (Å²) >= 11 is 0. The van der Waals surface area contributed by atoms with E-state index in [2.05, 4.69) is 24.9 Å². The first-order valence-corrected chi connectivity index (χ1v) is 9.68. The second-order valence-electron chi connectivity index (χ2n) is 6.90. The molecule has 3 rings (SSSR count). The third kappa shape index (κ3) is 3.61. The van der Waals surface area contributed by atoms with Gasteiger partial charge in [0.25, 0.3) is 0 Å². The lowest BCUT2D eigenvalue weighted by Gasteiger charge is -2.17. The molecule has 5 nitrogen and oxygen atoms in total. The predicted octanol–water partition coefficient (Wildman–Crippen LogP) is 4.70. The Hall–Kier alpha value is -2.47. The molecule has 150 valence electrons. The van der Waals surface area contributed by atoms with Gasteiger partial charge in [0.05, 0.1) is 42.2 Å². The molecule has 0 bridgehead atoms. The number of halogens is 1. The number of aromatic nitrogens is 3. The number of alkyl halides is 1. The zero-order valence-corrected chi connectivity index (χ0v) is 17.3. The molecule has 0 radical (unpaired) electrons. The van der Waals surface area contributed by atoms with E-state index in [9.17, 15) is 4.39 Å². The lowest BCUT2D eigenvalue weighted by atomic mass is 10.0. The number of pyridine rings is 2. The molecule has 3 aromatic heterocycles. The van der Waals surface area contributed by atoms with Gasteiger partial charge in [0, 0.05) is 24.9 Å². The molecule has 0 saturated heterocycles. The van der Waals surface area contributed by atoms with Gasteiger partial charge in [0.1, 0.15) is 6.67 Å². The van der Waals surface area contributed by atoms with Crippen LogP contribution in [0.3, 0.4) is 0 Å². The van der Waals surface area contributed by atoms with Crippen molar-refractivity contribution in [1.29, 1.82) is 0 Å². The Balaban J connectivity index is 2.22. The fraction of sp³-hybridized carbons (Fsp3) is 0.455. The number of fused-ring (bicyclic) bond motifs is 1. The molecule has 1 atom stereocenters. The van der Waals surface area contributed by atoms with E-state index < -0.39 is 6.67 Å². The maximum absolute atomic E-state index is 13.6. The van der Waals surface area contributed by atoms with Crippen molar-refractivity contribution >= 4 is 11.0 Å². The molecule has 0 aliphatic heterocycles. The fourth-order valence-corrected chi connectivity index (χ4v) is 3.65. The minimum absolute atomic E-state index is 0.325. The van der Waals surface area contributed by atoms with Crippen molar-refractivity contribution in [2.24, 2.45) is 0 Å². The van der Waals surface area contributed by atoms with E-state index >= 15 is 0 Å². The normalized spacial score (nSPS) is 12.5. The number of hydrogen-bond acceptors (Lipinski definition) is 4. The Morgan fingerprint density at radius 3 is 2.54 bits per heavy atom. The van der Waals surface area contributed by atoms with E-state index in [0.717, 1.165) is 52.0 Å². The van der Waals surface area contributed by atoms with Crippen molar-refractivity contribution in [3.8, 4) is 17.1 Å². The van der Waals surface area contributed by atoms with Gasteiger partial charge >= 0.3 is 0 Å². The molecule has 0 aliphatic carbocycles. The molecular weight excluding hydrogens is 357 g/mol. The highest BCUT2D eigenvalue weighted by molar-refractivity contribution is 5.84. The Morgan fingerprint density at radius 1 is 1.14 bits per heavy atom. The van der Waals surface area contributed by atoms with Crippen LogP contribution in [0, 0.1) is 6.92 Å². The van der Waals surface area contributed by atoms with Gasteiger partial charge in [-0.05, 0) is 43.0 Å².